The number of carbonyl (C=O) groups is 2. The number of benzene rings is 1. The van der Waals surface area contributed by atoms with Crippen LogP contribution in [-0.4, -0.2) is 28.9 Å². The molecule has 104 valence electrons. The van der Waals surface area contributed by atoms with Crippen LogP contribution in [0.3, 0.4) is 0 Å². The minimum absolute atomic E-state index is 0.138. The fourth-order valence-electron chi connectivity index (χ4n) is 3.83. The second-order valence-electron chi connectivity index (χ2n) is 5.66. The lowest BCUT2D eigenvalue weighted by molar-refractivity contribution is -0.120. The van der Waals surface area contributed by atoms with Gasteiger partial charge in [-0.25, -0.2) is 9.69 Å². The molecule has 3 atom stereocenters. The summed E-state index contributed by atoms with van der Waals surface area (Å²) in [5.41, 5.74) is 0.464. The predicted octanol–water partition coefficient (Wildman–Crippen LogP) is 3.31. The summed E-state index contributed by atoms with van der Waals surface area (Å²) in [6.07, 6.45) is 3.01. The number of amides is 3. The van der Waals surface area contributed by atoms with Crippen molar-refractivity contribution in [2.75, 3.05) is 4.90 Å². The lowest BCUT2D eigenvalue weighted by Gasteiger charge is -2.25. The van der Waals surface area contributed by atoms with E-state index in [1.165, 1.54) is 4.90 Å². The lowest BCUT2D eigenvalue weighted by atomic mass is 9.99. The van der Waals surface area contributed by atoms with E-state index in [0.29, 0.717) is 21.7 Å². The molecule has 6 heteroatoms. The monoisotopic (exact) mass is 310 g/mol. The molecule has 0 spiro atoms. The number of urea groups is 1. The first-order chi connectivity index (χ1) is 9.56. The molecule has 2 heterocycles. The maximum atomic E-state index is 12.6. The van der Waals surface area contributed by atoms with Crippen LogP contribution < -0.4 is 4.90 Å². The number of imide groups is 1. The van der Waals surface area contributed by atoms with Gasteiger partial charge in [0.1, 0.15) is 6.04 Å². The van der Waals surface area contributed by atoms with Gasteiger partial charge in [0.05, 0.1) is 5.69 Å². The molecule has 3 amide bonds. The molecular formula is C14H12Cl2N2O2. The normalized spacial score (nSPS) is 31.4. The third-order valence-electron chi connectivity index (χ3n) is 4.58. The van der Waals surface area contributed by atoms with Crippen LogP contribution in [0.25, 0.3) is 0 Å². The summed E-state index contributed by atoms with van der Waals surface area (Å²) < 4.78 is 0. The zero-order chi connectivity index (χ0) is 14.0. The van der Waals surface area contributed by atoms with Gasteiger partial charge in [0.2, 0.25) is 0 Å². The molecule has 1 aromatic rings. The highest BCUT2D eigenvalue weighted by molar-refractivity contribution is 6.35. The Morgan fingerprint density at radius 3 is 2.40 bits per heavy atom. The number of fused-ring (bicyclic) bond motifs is 5. The smallest absolute Gasteiger partial charge is 0.309 e. The molecule has 1 aromatic carbocycles. The number of anilines is 1. The van der Waals surface area contributed by atoms with E-state index in [4.69, 9.17) is 23.2 Å². The SMILES string of the molecule is O=C1C2C3CC[C@H](C3)N2C(=O)N1c1cc(Cl)cc(Cl)c1. The molecule has 0 radical (unpaired) electrons. The molecule has 0 N–H and O–H groups in total. The molecule has 1 aliphatic carbocycles. The van der Waals surface area contributed by atoms with Crippen molar-refractivity contribution in [3.8, 4) is 0 Å². The van der Waals surface area contributed by atoms with Crippen LogP contribution in [-0.2, 0) is 4.79 Å². The molecule has 3 aliphatic rings. The van der Waals surface area contributed by atoms with E-state index in [1.807, 2.05) is 0 Å². The Labute approximate surface area is 126 Å². The second-order valence-corrected chi connectivity index (χ2v) is 6.54. The van der Waals surface area contributed by atoms with Crippen LogP contribution in [0, 0.1) is 5.92 Å². The molecule has 0 aromatic heterocycles. The van der Waals surface area contributed by atoms with Gasteiger partial charge >= 0.3 is 6.03 Å². The van der Waals surface area contributed by atoms with Gasteiger partial charge in [-0.2, -0.15) is 0 Å². The molecule has 4 rings (SSSR count). The van der Waals surface area contributed by atoms with Crippen molar-refractivity contribution in [3.63, 3.8) is 0 Å². The van der Waals surface area contributed by atoms with Gasteiger partial charge in [-0.3, -0.25) is 4.79 Å². The molecule has 3 fully saturated rings. The van der Waals surface area contributed by atoms with Crippen LogP contribution in [0.5, 0.6) is 0 Å². The van der Waals surface area contributed by atoms with E-state index in [0.717, 1.165) is 19.3 Å². The highest BCUT2D eigenvalue weighted by Gasteiger charge is 2.59. The summed E-state index contributed by atoms with van der Waals surface area (Å²) in [5, 5.41) is 0.839. The van der Waals surface area contributed by atoms with E-state index in [2.05, 4.69) is 0 Å². The Morgan fingerprint density at radius 1 is 1.05 bits per heavy atom. The van der Waals surface area contributed by atoms with Crippen LogP contribution >= 0.6 is 23.2 Å². The lowest BCUT2D eigenvalue weighted by Crippen LogP contribution is -2.40. The highest BCUT2D eigenvalue weighted by atomic mass is 35.5. The van der Waals surface area contributed by atoms with Crippen LogP contribution in [0.2, 0.25) is 10.0 Å². The number of nitrogens with zero attached hydrogens (tertiary/aromatic N) is 2. The van der Waals surface area contributed by atoms with Crippen molar-refractivity contribution in [1.29, 1.82) is 0 Å². The quantitative estimate of drug-likeness (QED) is 0.747. The average Bonchev–Trinajstić information content (AvgIpc) is 3.02. The molecule has 2 bridgehead atoms. The third-order valence-corrected chi connectivity index (χ3v) is 5.01. The Hall–Kier alpha value is -1.26. The van der Waals surface area contributed by atoms with E-state index >= 15 is 0 Å². The summed E-state index contributed by atoms with van der Waals surface area (Å²) >= 11 is 11.9. The first kappa shape index (κ1) is 12.5. The van der Waals surface area contributed by atoms with Crippen molar-refractivity contribution in [1.82, 2.24) is 4.90 Å². The van der Waals surface area contributed by atoms with Crippen molar-refractivity contribution >= 4 is 40.8 Å². The number of halogens is 2. The minimum Gasteiger partial charge on any atom is -0.309 e. The molecular weight excluding hydrogens is 299 g/mol. The van der Waals surface area contributed by atoms with E-state index < -0.39 is 0 Å². The first-order valence-corrected chi connectivity index (χ1v) is 7.44. The highest BCUT2D eigenvalue weighted by Crippen LogP contribution is 2.47. The largest absolute Gasteiger partial charge is 0.332 e. The third kappa shape index (κ3) is 1.55. The summed E-state index contributed by atoms with van der Waals surface area (Å²) in [7, 11) is 0. The Kier molecular flexibility index (Phi) is 2.57. The summed E-state index contributed by atoms with van der Waals surface area (Å²) in [5.74, 6) is 0.177. The predicted molar refractivity (Wildman–Crippen MR) is 76.1 cm³/mol. The topological polar surface area (TPSA) is 40.6 Å². The van der Waals surface area contributed by atoms with Crippen LogP contribution in [0.4, 0.5) is 10.5 Å². The van der Waals surface area contributed by atoms with Gasteiger partial charge in [-0.05, 0) is 43.4 Å². The number of hydrogen-bond acceptors (Lipinski definition) is 2. The minimum atomic E-state index is -0.279. The Balaban J connectivity index is 1.76. The van der Waals surface area contributed by atoms with E-state index in [-0.39, 0.29) is 24.0 Å². The Bertz CT molecular complexity index is 585. The van der Waals surface area contributed by atoms with Gasteiger partial charge in [0.25, 0.3) is 5.91 Å². The van der Waals surface area contributed by atoms with Crippen molar-refractivity contribution in [2.45, 2.75) is 31.3 Å². The molecule has 4 nitrogen and oxygen atoms in total. The average molecular weight is 311 g/mol. The zero-order valence-corrected chi connectivity index (χ0v) is 12.1. The maximum absolute atomic E-state index is 12.6. The van der Waals surface area contributed by atoms with Crippen LogP contribution in [0.1, 0.15) is 19.3 Å². The fourth-order valence-corrected chi connectivity index (χ4v) is 4.34. The number of hydrogen-bond donors (Lipinski definition) is 0. The molecule has 2 saturated heterocycles. The second kappa shape index (κ2) is 4.12. The van der Waals surface area contributed by atoms with Crippen molar-refractivity contribution < 1.29 is 9.59 Å². The van der Waals surface area contributed by atoms with Gasteiger partial charge in [0.15, 0.2) is 0 Å². The van der Waals surface area contributed by atoms with Gasteiger partial charge in [0, 0.05) is 16.1 Å². The number of carbonyl (C=O) groups excluding carboxylic acids is 2. The van der Waals surface area contributed by atoms with Crippen molar-refractivity contribution in [2.24, 2.45) is 5.92 Å². The van der Waals surface area contributed by atoms with Gasteiger partial charge in [-0.1, -0.05) is 23.2 Å². The summed E-state index contributed by atoms with van der Waals surface area (Å²) in [6.45, 7) is 0. The van der Waals surface area contributed by atoms with Crippen molar-refractivity contribution in [3.05, 3.63) is 28.2 Å². The van der Waals surface area contributed by atoms with Gasteiger partial charge in [-0.15, -0.1) is 0 Å². The van der Waals surface area contributed by atoms with E-state index in [1.54, 1.807) is 23.1 Å². The van der Waals surface area contributed by atoms with Crippen LogP contribution in [0.15, 0.2) is 18.2 Å². The van der Waals surface area contributed by atoms with E-state index in [9.17, 15) is 9.59 Å². The maximum Gasteiger partial charge on any atom is 0.332 e. The van der Waals surface area contributed by atoms with Gasteiger partial charge < -0.3 is 4.90 Å². The Morgan fingerprint density at radius 2 is 1.75 bits per heavy atom. The molecule has 20 heavy (non-hydrogen) atoms. The fraction of sp³-hybridized carbons (Fsp3) is 0.429. The summed E-state index contributed by atoms with van der Waals surface area (Å²) in [4.78, 5) is 28.1. The molecule has 1 saturated carbocycles. The standard InChI is InChI=1S/C14H12Cl2N2O2/c15-8-4-9(16)6-11(5-8)18-13(19)12-7-1-2-10(3-7)17(12)14(18)20/h4-7,10,12H,1-3H2/t7?,10-,12?/m1/s1. The zero-order valence-electron chi connectivity index (χ0n) is 10.6. The number of rotatable bonds is 1. The number of piperidine rings is 1. The first-order valence-electron chi connectivity index (χ1n) is 6.68. The molecule has 2 aliphatic heterocycles. The molecule has 2 unspecified atom stereocenters. The summed E-state index contributed by atoms with van der Waals surface area (Å²) in [6, 6.07) is 4.51.